The summed E-state index contributed by atoms with van der Waals surface area (Å²) in [5.74, 6) is -0.761. The molecule has 0 spiro atoms. The third-order valence-electron chi connectivity index (χ3n) is 3.92. The van der Waals surface area contributed by atoms with Crippen LogP contribution in [0, 0.1) is 5.82 Å². The van der Waals surface area contributed by atoms with Gasteiger partial charge >= 0.3 is 0 Å². The van der Waals surface area contributed by atoms with Gasteiger partial charge in [-0.3, -0.25) is 9.59 Å². The molecule has 3 rings (SSSR count). The van der Waals surface area contributed by atoms with Gasteiger partial charge in [0.2, 0.25) is 5.91 Å². The van der Waals surface area contributed by atoms with E-state index in [0.29, 0.717) is 23.6 Å². The Morgan fingerprint density at radius 3 is 2.64 bits per heavy atom. The van der Waals surface area contributed by atoms with Crippen LogP contribution in [0.25, 0.3) is 0 Å². The molecule has 1 heterocycles. The van der Waals surface area contributed by atoms with Crippen molar-refractivity contribution in [3.05, 3.63) is 76.5 Å². The zero-order chi connectivity index (χ0) is 19.9. The van der Waals surface area contributed by atoms with Crippen LogP contribution >= 0.6 is 11.3 Å². The summed E-state index contributed by atoms with van der Waals surface area (Å²) in [6, 6.07) is 12.2. The number of ether oxygens (including phenoxy) is 1. The highest BCUT2D eigenvalue weighted by Gasteiger charge is 2.19. The number of aromatic nitrogens is 1. The van der Waals surface area contributed by atoms with Crippen molar-refractivity contribution >= 4 is 28.8 Å². The van der Waals surface area contributed by atoms with Gasteiger partial charge in [-0.15, -0.1) is 11.3 Å². The van der Waals surface area contributed by atoms with Gasteiger partial charge in [-0.2, -0.15) is 0 Å². The highest BCUT2D eigenvalue weighted by Crippen LogP contribution is 2.21. The van der Waals surface area contributed by atoms with E-state index < -0.39 is 11.7 Å². The van der Waals surface area contributed by atoms with Crippen molar-refractivity contribution in [1.29, 1.82) is 0 Å². The Balaban J connectivity index is 1.80. The molecule has 144 valence electrons. The maximum absolute atomic E-state index is 13.2. The normalized spacial score (nSPS) is 10.5. The van der Waals surface area contributed by atoms with Crippen LogP contribution in [0.3, 0.4) is 0 Å². The molecule has 2 N–H and O–H groups in total. The first kappa shape index (κ1) is 19.5. The molecule has 0 bridgehead atoms. The van der Waals surface area contributed by atoms with Crippen LogP contribution < -0.4 is 15.4 Å². The topological polar surface area (TPSA) is 85.5 Å². The average molecular weight is 399 g/mol. The number of hydrogen-bond acceptors (Lipinski definition) is 5. The Morgan fingerprint density at radius 2 is 1.96 bits per heavy atom. The van der Waals surface area contributed by atoms with Crippen LogP contribution in [-0.4, -0.2) is 23.3 Å². The Labute approximate surface area is 165 Å². The third-order valence-corrected chi connectivity index (χ3v) is 4.55. The highest BCUT2D eigenvalue weighted by molar-refractivity contribution is 7.07. The van der Waals surface area contributed by atoms with E-state index in [9.17, 15) is 14.0 Å². The van der Waals surface area contributed by atoms with E-state index >= 15 is 0 Å². The summed E-state index contributed by atoms with van der Waals surface area (Å²) in [5, 5.41) is 1.88. The lowest BCUT2D eigenvalue weighted by molar-refractivity contribution is -0.117. The number of anilines is 1. The second kappa shape index (κ2) is 9.09. The molecule has 0 aliphatic heterocycles. The van der Waals surface area contributed by atoms with E-state index in [-0.39, 0.29) is 18.9 Å². The van der Waals surface area contributed by atoms with Crippen molar-refractivity contribution in [2.24, 2.45) is 5.73 Å². The van der Waals surface area contributed by atoms with Gasteiger partial charge in [0.05, 0.1) is 11.2 Å². The Hall–Kier alpha value is -3.26. The van der Waals surface area contributed by atoms with Crippen molar-refractivity contribution < 1.29 is 18.7 Å². The maximum Gasteiger partial charge on any atom is 0.258 e. The molecule has 0 aliphatic carbocycles. The molecular formula is C20H18FN3O3S. The molecule has 0 saturated carbocycles. The Bertz CT molecular complexity index is 946. The van der Waals surface area contributed by atoms with Gasteiger partial charge in [0, 0.05) is 29.6 Å². The molecule has 0 atom stereocenters. The number of carbonyl (C=O) groups excluding carboxylic acids is 2. The van der Waals surface area contributed by atoms with Gasteiger partial charge in [-0.1, -0.05) is 6.07 Å². The smallest absolute Gasteiger partial charge is 0.258 e. The van der Waals surface area contributed by atoms with Crippen LogP contribution in [0.15, 0.2) is 59.4 Å². The van der Waals surface area contributed by atoms with Gasteiger partial charge in [0.25, 0.3) is 5.91 Å². The van der Waals surface area contributed by atoms with Crippen LogP contribution in [0.2, 0.25) is 0 Å². The first-order chi connectivity index (χ1) is 13.5. The van der Waals surface area contributed by atoms with Gasteiger partial charge in [0.15, 0.2) is 0 Å². The fourth-order valence-corrected chi connectivity index (χ4v) is 3.07. The quantitative estimate of drug-likeness (QED) is 0.629. The Kier molecular flexibility index (Phi) is 6.33. The fourth-order valence-electron chi connectivity index (χ4n) is 2.53. The molecule has 0 fully saturated rings. The molecule has 0 saturated heterocycles. The molecular weight excluding hydrogens is 381 g/mol. The zero-order valence-electron chi connectivity index (χ0n) is 14.9. The molecule has 3 aromatic rings. The van der Waals surface area contributed by atoms with Crippen molar-refractivity contribution in [3.63, 3.8) is 0 Å². The first-order valence-electron chi connectivity index (χ1n) is 8.48. The molecule has 0 unspecified atom stereocenters. The van der Waals surface area contributed by atoms with Crippen molar-refractivity contribution in [1.82, 2.24) is 4.98 Å². The number of thiazole rings is 1. The summed E-state index contributed by atoms with van der Waals surface area (Å²) in [7, 11) is 0. The number of rotatable bonds is 8. The minimum Gasteiger partial charge on any atom is -0.487 e. The van der Waals surface area contributed by atoms with Crippen LogP contribution in [0.4, 0.5) is 10.1 Å². The molecule has 0 aliphatic rings. The monoisotopic (exact) mass is 399 g/mol. The van der Waals surface area contributed by atoms with Crippen molar-refractivity contribution in [2.45, 2.75) is 13.0 Å². The number of nitrogens with zero attached hydrogens (tertiary/aromatic N) is 2. The lowest BCUT2D eigenvalue weighted by Crippen LogP contribution is -2.34. The van der Waals surface area contributed by atoms with Crippen LogP contribution in [0.1, 0.15) is 22.5 Å². The lowest BCUT2D eigenvalue weighted by Gasteiger charge is -2.22. The standard InChI is InChI=1S/C20H18FN3O3S/c21-15-4-6-17(7-5-15)24(9-8-19(22)25)20(26)14-2-1-3-18(10-14)27-11-16-12-28-13-23-16/h1-7,10,12-13H,8-9,11H2,(H2,22,25). The zero-order valence-corrected chi connectivity index (χ0v) is 15.7. The summed E-state index contributed by atoms with van der Waals surface area (Å²) in [5.41, 5.74) is 8.60. The molecule has 2 aromatic carbocycles. The summed E-state index contributed by atoms with van der Waals surface area (Å²) in [4.78, 5) is 29.8. The minimum atomic E-state index is -0.528. The molecule has 28 heavy (non-hydrogen) atoms. The minimum absolute atomic E-state index is 0.0108. The second-order valence-electron chi connectivity index (χ2n) is 5.95. The predicted molar refractivity (Wildman–Crippen MR) is 105 cm³/mol. The molecule has 1 aromatic heterocycles. The van der Waals surface area contributed by atoms with Crippen LogP contribution in [-0.2, 0) is 11.4 Å². The number of primary amides is 1. The summed E-state index contributed by atoms with van der Waals surface area (Å²) < 4.78 is 18.9. The first-order valence-corrected chi connectivity index (χ1v) is 9.43. The number of carbonyl (C=O) groups is 2. The average Bonchev–Trinajstić information content (AvgIpc) is 3.21. The number of benzene rings is 2. The van der Waals surface area contributed by atoms with E-state index in [0.717, 1.165) is 5.69 Å². The van der Waals surface area contributed by atoms with Crippen molar-refractivity contribution in [2.75, 3.05) is 11.4 Å². The number of halogens is 1. The molecule has 2 amide bonds. The fraction of sp³-hybridized carbons (Fsp3) is 0.150. The summed E-state index contributed by atoms with van der Waals surface area (Å²) >= 11 is 1.48. The van der Waals surface area contributed by atoms with Gasteiger partial charge < -0.3 is 15.4 Å². The van der Waals surface area contributed by atoms with E-state index in [1.54, 1.807) is 29.8 Å². The van der Waals surface area contributed by atoms with Gasteiger partial charge in [-0.05, 0) is 42.5 Å². The molecule has 8 heteroatoms. The highest BCUT2D eigenvalue weighted by atomic mass is 32.1. The van der Waals surface area contributed by atoms with Crippen molar-refractivity contribution in [3.8, 4) is 5.75 Å². The Morgan fingerprint density at radius 1 is 1.18 bits per heavy atom. The third kappa shape index (κ3) is 5.14. The van der Waals surface area contributed by atoms with E-state index in [2.05, 4.69) is 4.98 Å². The van der Waals surface area contributed by atoms with E-state index in [1.165, 1.54) is 40.5 Å². The largest absolute Gasteiger partial charge is 0.487 e. The number of amides is 2. The number of nitrogens with two attached hydrogens (primary N) is 1. The maximum atomic E-state index is 13.2. The number of hydrogen-bond donors (Lipinski definition) is 1. The summed E-state index contributed by atoms with van der Waals surface area (Å²) in [6.45, 7) is 0.383. The molecule has 6 nitrogen and oxygen atoms in total. The van der Waals surface area contributed by atoms with Gasteiger partial charge in [0.1, 0.15) is 18.2 Å². The second-order valence-corrected chi connectivity index (χ2v) is 6.66. The predicted octanol–water partition coefficient (Wildman–Crippen LogP) is 3.38. The summed E-state index contributed by atoms with van der Waals surface area (Å²) in [6.07, 6.45) is -0.0108. The lowest BCUT2D eigenvalue weighted by atomic mass is 10.1. The van der Waals surface area contributed by atoms with Crippen LogP contribution in [0.5, 0.6) is 5.75 Å². The SMILES string of the molecule is NC(=O)CCN(C(=O)c1cccc(OCc2cscn2)c1)c1ccc(F)cc1. The van der Waals surface area contributed by atoms with E-state index in [4.69, 9.17) is 10.5 Å². The van der Waals surface area contributed by atoms with E-state index in [1.807, 2.05) is 5.38 Å². The molecule has 0 radical (unpaired) electrons. The van der Waals surface area contributed by atoms with Gasteiger partial charge in [-0.25, -0.2) is 9.37 Å².